The van der Waals surface area contributed by atoms with E-state index in [4.69, 9.17) is 22.1 Å². The van der Waals surface area contributed by atoms with E-state index in [1.54, 1.807) is 16.8 Å². The number of nitrogen functional groups attached to an aromatic ring is 1. The van der Waals surface area contributed by atoms with Crippen LogP contribution in [0.3, 0.4) is 0 Å². The van der Waals surface area contributed by atoms with Crippen LogP contribution in [0.1, 0.15) is 0 Å². The molecule has 0 aliphatic heterocycles. The predicted molar refractivity (Wildman–Crippen MR) is 71.3 cm³/mol. The Hall–Kier alpha value is -1.20. The van der Waals surface area contributed by atoms with Crippen LogP contribution in [-0.2, 0) is 6.54 Å². The molecule has 2 N–H and O–H groups in total. The Morgan fingerprint density at radius 1 is 1.41 bits per heavy atom. The highest BCUT2D eigenvalue weighted by Gasteiger charge is 2.02. The molecular weight excluding hydrogens is 305 g/mol. The van der Waals surface area contributed by atoms with Crippen LogP contribution in [-0.4, -0.2) is 16.4 Å². The van der Waals surface area contributed by atoms with Crippen molar-refractivity contribution in [3.05, 3.63) is 40.0 Å². The van der Waals surface area contributed by atoms with Gasteiger partial charge in [-0.25, -0.2) is 0 Å². The van der Waals surface area contributed by atoms with Crippen LogP contribution >= 0.6 is 27.5 Å². The van der Waals surface area contributed by atoms with Crippen molar-refractivity contribution in [1.82, 2.24) is 9.78 Å². The van der Waals surface area contributed by atoms with Gasteiger partial charge in [0.2, 0.25) is 0 Å². The molecule has 0 aliphatic carbocycles. The van der Waals surface area contributed by atoms with Crippen LogP contribution < -0.4 is 10.5 Å². The van der Waals surface area contributed by atoms with E-state index >= 15 is 0 Å². The monoisotopic (exact) mass is 315 g/mol. The number of anilines is 1. The molecule has 6 heteroatoms. The second kappa shape index (κ2) is 5.42. The molecule has 0 aliphatic rings. The zero-order valence-corrected chi connectivity index (χ0v) is 11.3. The Balaban J connectivity index is 1.90. The molecule has 2 aromatic rings. The van der Waals surface area contributed by atoms with E-state index in [0.29, 0.717) is 29.7 Å². The molecule has 0 bridgehead atoms. The highest BCUT2D eigenvalue weighted by molar-refractivity contribution is 9.10. The summed E-state index contributed by atoms with van der Waals surface area (Å²) in [4.78, 5) is 0. The Kier molecular flexibility index (Phi) is 3.91. The van der Waals surface area contributed by atoms with Gasteiger partial charge in [-0.2, -0.15) is 5.10 Å². The third-order valence-electron chi connectivity index (χ3n) is 2.13. The molecule has 0 saturated carbocycles. The van der Waals surface area contributed by atoms with Gasteiger partial charge in [0.05, 0.1) is 11.6 Å². The molecule has 1 heterocycles. The number of ether oxygens (including phenoxy) is 1. The van der Waals surface area contributed by atoms with Crippen molar-refractivity contribution in [1.29, 1.82) is 0 Å². The number of benzene rings is 1. The maximum absolute atomic E-state index is 6.02. The first-order valence-corrected chi connectivity index (χ1v) is 6.19. The van der Waals surface area contributed by atoms with Crippen LogP contribution in [0.25, 0.3) is 0 Å². The lowest BCUT2D eigenvalue weighted by Crippen LogP contribution is -2.09. The first kappa shape index (κ1) is 12.3. The lowest BCUT2D eigenvalue weighted by atomic mass is 10.3. The Morgan fingerprint density at radius 2 is 2.24 bits per heavy atom. The Bertz CT molecular complexity index is 515. The summed E-state index contributed by atoms with van der Waals surface area (Å²) in [6.07, 6.45) is 1.81. The number of nitrogens with two attached hydrogens (primary N) is 1. The van der Waals surface area contributed by atoms with Crippen LogP contribution in [0.15, 0.2) is 34.9 Å². The van der Waals surface area contributed by atoms with E-state index in [0.717, 1.165) is 4.47 Å². The number of hydrogen-bond donors (Lipinski definition) is 1. The Labute approximate surface area is 112 Å². The van der Waals surface area contributed by atoms with Crippen molar-refractivity contribution in [3.8, 4) is 5.75 Å². The molecule has 4 nitrogen and oxygen atoms in total. The summed E-state index contributed by atoms with van der Waals surface area (Å²) in [6, 6.07) is 7.24. The first-order chi connectivity index (χ1) is 8.15. The van der Waals surface area contributed by atoms with E-state index < -0.39 is 0 Å². The smallest absolute Gasteiger partial charge is 0.145 e. The molecule has 0 saturated heterocycles. The summed E-state index contributed by atoms with van der Waals surface area (Å²) in [6.45, 7) is 1.12. The number of rotatable bonds is 4. The number of nitrogens with zero attached hydrogens (tertiary/aromatic N) is 2. The summed E-state index contributed by atoms with van der Waals surface area (Å²) in [5.41, 5.74) is 5.50. The fraction of sp³-hybridized carbons (Fsp3) is 0.182. The maximum atomic E-state index is 6.02. The fourth-order valence-electron chi connectivity index (χ4n) is 1.34. The van der Waals surface area contributed by atoms with Crippen LogP contribution in [0.4, 0.5) is 5.82 Å². The lowest BCUT2D eigenvalue weighted by molar-refractivity contribution is 0.291. The predicted octanol–water partition coefficient (Wildman–Crippen LogP) is 2.96. The van der Waals surface area contributed by atoms with Gasteiger partial charge in [0.15, 0.2) is 0 Å². The van der Waals surface area contributed by atoms with Crippen LogP contribution in [0.5, 0.6) is 5.75 Å². The quantitative estimate of drug-likeness (QED) is 0.943. The van der Waals surface area contributed by atoms with Crippen molar-refractivity contribution in [2.24, 2.45) is 0 Å². The van der Waals surface area contributed by atoms with Crippen molar-refractivity contribution in [2.75, 3.05) is 12.3 Å². The minimum Gasteiger partial charge on any atom is -0.490 e. The summed E-state index contributed by atoms with van der Waals surface area (Å²) in [7, 11) is 0. The summed E-state index contributed by atoms with van der Waals surface area (Å²) in [5, 5.41) is 4.64. The summed E-state index contributed by atoms with van der Waals surface area (Å²) >= 11 is 9.35. The normalized spacial score (nSPS) is 10.5. The van der Waals surface area contributed by atoms with Gasteiger partial charge < -0.3 is 10.5 Å². The average molecular weight is 317 g/mol. The standard InChI is InChI=1S/C11H11BrClN3O/c12-8-1-2-10(9(13)7-8)17-6-5-16-4-3-11(14)15-16/h1-4,7H,5-6H2,(H2,14,15). The van der Waals surface area contributed by atoms with Crippen LogP contribution in [0.2, 0.25) is 5.02 Å². The average Bonchev–Trinajstić information content (AvgIpc) is 2.68. The van der Waals surface area contributed by atoms with Crippen molar-refractivity contribution < 1.29 is 4.74 Å². The van der Waals surface area contributed by atoms with Crippen LogP contribution in [0, 0.1) is 0 Å². The third kappa shape index (κ3) is 3.38. The Morgan fingerprint density at radius 3 is 2.88 bits per heavy atom. The molecule has 1 aromatic heterocycles. The minimum absolute atomic E-state index is 0.489. The van der Waals surface area contributed by atoms with E-state index in [1.165, 1.54) is 0 Å². The molecule has 2 rings (SSSR count). The SMILES string of the molecule is Nc1ccn(CCOc2ccc(Br)cc2Cl)n1. The van der Waals surface area contributed by atoms with Gasteiger partial charge in [-0.1, -0.05) is 27.5 Å². The molecule has 90 valence electrons. The molecule has 17 heavy (non-hydrogen) atoms. The second-order valence-electron chi connectivity index (χ2n) is 3.43. The molecule has 0 radical (unpaired) electrons. The first-order valence-electron chi connectivity index (χ1n) is 5.02. The van der Waals surface area contributed by atoms with E-state index in [2.05, 4.69) is 21.0 Å². The minimum atomic E-state index is 0.489. The highest BCUT2D eigenvalue weighted by Crippen LogP contribution is 2.27. The van der Waals surface area contributed by atoms with Gasteiger partial charge in [0.1, 0.15) is 18.2 Å². The molecule has 0 unspecified atom stereocenters. The molecule has 0 amide bonds. The number of hydrogen-bond acceptors (Lipinski definition) is 3. The van der Waals surface area contributed by atoms with Gasteiger partial charge in [-0.05, 0) is 24.3 Å². The van der Waals surface area contributed by atoms with Crippen molar-refractivity contribution >= 4 is 33.3 Å². The number of halogens is 2. The summed E-state index contributed by atoms with van der Waals surface area (Å²) in [5.74, 6) is 1.17. The molecular formula is C11H11BrClN3O. The number of aromatic nitrogens is 2. The lowest BCUT2D eigenvalue weighted by Gasteiger charge is -2.08. The molecule has 1 aromatic carbocycles. The molecule has 0 atom stereocenters. The van der Waals surface area contributed by atoms with Crippen molar-refractivity contribution in [2.45, 2.75) is 6.54 Å². The van der Waals surface area contributed by atoms with Gasteiger partial charge in [0, 0.05) is 10.7 Å². The maximum Gasteiger partial charge on any atom is 0.145 e. The molecule has 0 fully saturated rings. The second-order valence-corrected chi connectivity index (χ2v) is 4.75. The topological polar surface area (TPSA) is 53.1 Å². The largest absolute Gasteiger partial charge is 0.490 e. The third-order valence-corrected chi connectivity index (χ3v) is 2.92. The van der Waals surface area contributed by atoms with Gasteiger partial charge in [-0.15, -0.1) is 0 Å². The van der Waals surface area contributed by atoms with Gasteiger partial charge >= 0.3 is 0 Å². The van der Waals surface area contributed by atoms with E-state index in [9.17, 15) is 0 Å². The fourth-order valence-corrected chi connectivity index (χ4v) is 2.07. The highest BCUT2D eigenvalue weighted by atomic mass is 79.9. The summed E-state index contributed by atoms with van der Waals surface area (Å²) < 4.78 is 8.20. The zero-order chi connectivity index (χ0) is 12.3. The van der Waals surface area contributed by atoms with Crippen molar-refractivity contribution in [3.63, 3.8) is 0 Å². The van der Waals surface area contributed by atoms with Gasteiger partial charge in [-0.3, -0.25) is 4.68 Å². The van der Waals surface area contributed by atoms with E-state index in [-0.39, 0.29) is 0 Å². The molecule has 0 spiro atoms. The van der Waals surface area contributed by atoms with Gasteiger partial charge in [0.25, 0.3) is 0 Å². The zero-order valence-electron chi connectivity index (χ0n) is 8.94. The van der Waals surface area contributed by atoms with E-state index in [1.807, 2.05) is 18.3 Å².